The average molecular weight is 504 g/mol. The summed E-state index contributed by atoms with van der Waals surface area (Å²) in [7, 11) is -5.86. The lowest BCUT2D eigenvalue weighted by Gasteiger charge is -2.11. The van der Waals surface area contributed by atoms with E-state index in [0.29, 0.717) is 12.1 Å². The summed E-state index contributed by atoms with van der Waals surface area (Å²) in [4.78, 5) is 20.2. The summed E-state index contributed by atoms with van der Waals surface area (Å²) >= 11 is -0.424. The summed E-state index contributed by atoms with van der Waals surface area (Å²) in [6.45, 7) is -0.914. The molecule has 0 radical (unpaired) electrons. The Kier molecular flexibility index (Phi) is 7.29. The number of rotatable bonds is 7. The van der Waals surface area contributed by atoms with Gasteiger partial charge in [-0.1, -0.05) is 6.07 Å². The van der Waals surface area contributed by atoms with Crippen molar-refractivity contribution >= 4 is 38.9 Å². The maximum absolute atomic E-state index is 12.6. The highest BCUT2D eigenvalue weighted by atomic mass is 32.2. The molecule has 0 spiro atoms. The van der Waals surface area contributed by atoms with Gasteiger partial charge in [0.2, 0.25) is 0 Å². The molecule has 0 saturated carbocycles. The predicted molar refractivity (Wildman–Crippen MR) is 98.8 cm³/mol. The van der Waals surface area contributed by atoms with E-state index in [1.807, 2.05) is 0 Å². The Balaban J connectivity index is 2.14. The molecule has 0 heterocycles. The van der Waals surface area contributed by atoms with Gasteiger partial charge in [0.25, 0.3) is 15.7 Å². The molecule has 1 amide bonds. The molecule has 16 heteroatoms. The van der Waals surface area contributed by atoms with Crippen LogP contribution in [0.15, 0.2) is 52.3 Å². The number of hydrogen-bond donors (Lipinski definition) is 1. The first-order valence-corrected chi connectivity index (χ1v) is 10.3. The zero-order valence-electron chi connectivity index (χ0n) is 15.2. The van der Waals surface area contributed by atoms with Crippen LogP contribution in [-0.2, 0) is 14.6 Å². The molecule has 2 rings (SSSR count). The third-order valence-electron chi connectivity index (χ3n) is 3.45. The second-order valence-corrected chi connectivity index (χ2v) is 8.83. The number of halogens is 6. The van der Waals surface area contributed by atoms with Gasteiger partial charge in [0.15, 0.2) is 12.4 Å². The van der Waals surface area contributed by atoms with E-state index in [1.165, 1.54) is 12.1 Å². The third kappa shape index (κ3) is 6.49. The number of nitro groups is 1. The number of benzene rings is 2. The van der Waals surface area contributed by atoms with Gasteiger partial charge in [-0.25, -0.2) is 8.42 Å². The fourth-order valence-electron chi connectivity index (χ4n) is 2.17. The van der Waals surface area contributed by atoms with Gasteiger partial charge in [-0.15, -0.1) is 0 Å². The van der Waals surface area contributed by atoms with Crippen LogP contribution in [0.1, 0.15) is 0 Å². The topological polar surface area (TPSA) is 116 Å². The molecule has 0 unspecified atom stereocenters. The number of nitrogens with one attached hydrogen (secondary N) is 1. The number of hydrogen-bond acceptors (Lipinski definition) is 7. The van der Waals surface area contributed by atoms with Crippen LogP contribution in [0, 0.1) is 10.1 Å². The van der Waals surface area contributed by atoms with Crippen LogP contribution >= 0.6 is 11.8 Å². The molecule has 2 aromatic rings. The average Bonchev–Trinajstić information content (AvgIpc) is 2.64. The number of thioether (sulfide) groups is 1. The van der Waals surface area contributed by atoms with Crippen LogP contribution in [0.3, 0.4) is 0 Å². The van der Waals surface area contributed by atoms with Crippen LogP contribution in [0.25, 0.3) is 0 Å². The quantitative estimate of drug-likeness (QED) is 0.255. The van der Waals surface area contributed by atoms with Gasteiger partial charge < -0.3 is 10.1 Å². The summed E-state index contributed by atoms with van der Waals surface area (Å²) < 4.78 is 103. The van der Waals surface area contributed by atoms with Crippen molar-refractivity contribution in [3.8, 4) is 5.75 Å². The Morgan fingerprint density at radius 3 is 2.31 bits per heavy atom. The molecule has 1 N–H and O–H groups in total. The van der Waals surface area contributed by atoms with Crippen molar-refractivity contribution in [2.75, 3.05) is 11.9 Å². The van der Waals surface area contributed by atoms with Gasteiger partial charge >= 0.3 is 16.7 Å². The number of amides is 1. The fraction of sp³-hybridized carbons (Fsp3) is 0.188. The second kappa shape index (κ2) is 9.23. The highest BCUT2D eigenvalue weighted by molar-refractivity contribution is 8.00. The number of nitrogens with zero attached hydrogens (tertiary/aromatic N) is 1. The van der Waals surface area contributed by atoms with Gasteiger partial charge in [0, 0.05) is 16.6 Å². The predicted octanol–water partition coefficient (Wildman–Crippen LogP) is 4.52. The molecule has 0 aliphatic heterocycles. The van der Waals surface area contributed by atoms with Crippen molar-refractivity contribution in [2.24, 2.45) is 0 Å². The van der Waals surface area contributed by atoms with Crippen LogP contribution < -0.4 is 10.1 Å². The van der Waals surface area contributed by atoms with Crippen molar-refractivity contribution < 1.29 is 49.2 Å². The first kappa shape index (κ1) is 25.3. The van der Waals surface area contributed by atoms with Crippen molar-refractivity contribution in [2.45, 2.75) is 20.8 Å². The van der Waals surface area contributed by atoms with Crippen LogP contribution in [0.2, 0.25) is 0 Å². The molecule has 0 fully saturated rings. The Bertz CT molecular complexity index is 1130. The van der Waals surface area contributed by atoms with Crippen molar-refractivity contribution in [3.05, 3.63) is 52.6 Å². The number of nitro benzene ring substituents is 1. The Morgan fingerprint density at radius 1 is 1.09 bits per heavy atom. The number of carbonyl (C=O) groups is 1. The fourth-order valence-corrected chi connectivity index (χ4v) is 3.56. The van der Waals surface area contributed by atoms with E-state index in [2.05, 4.69) is 5.32 Å². The molecule has 0 aliphatic rings. The first-order chi connectivity index (χ1) is 14.6. The summed E-state index contributed by atoms with van der Waals surface area (Å²) in [5.41, 5.74) is -11.4. The van der Waals surface area contributed by atoms with Gasteiger partial charge in [-0.2, -0.15) is 26.3 Å². The molecule has 8 nitrogen and oxygen atoms in total. The second-order valence-electron chi connectivity index (χ2n) is 5.75. The minimum atomic E-state index is -5.86. The maximum Gasteiger partial charge on any atom is 0.501 e. The van der Waals surface area contributed by atoms with Crippen LogP contribution in [0.5, 0.6) is 5.75 Å². The first-order valence-electron chi connectivity index (χ1n) is 7.98. The van der Waals surface area contributed by atoms with E-state index in [0.717, 1.165) is 12.1 Å². The van der Waals surface area contributed by atoms with Gasteiger partial charge in [-0.05, 0) is 42.1 Å². The molecule has 32 heavy (non-hydrogen) atoms. The Hall–Kier alpha value is -3.01. The van der Waals surface area contributed by atoms with Crippen molar-refractivity contribution in [1.29, 1.82) is 0 Å². The highest BCUT2D eigenvalue weighted by Gasteiger charge is 2.47. The minimum absolute atomic E-state index is 0.0473. The van der Waals surface area contributed by atoms with E-state index in [-0.39, 0.29) is 16.6 Å². The van der Waals surface area contributed by atoms with Crippen LogP contribution in [0.4, 0.5) is 37.7 Å². The lowest BCUT2D eigenvalue weighted by atomic mass is 10.3. The lowest BCUT2D eigenvalue weighted by molar-refractivity contribution is -0.386. The number of sulfone groups is 1. The molecule has 0 saturated heterocycles. The summed E-state index contributed by atoms with van der Waals surface area (Å²) in [6.07, 6.45) is 0. The zero-order chi connectivity index (χ0) is 24.3. The summed E-state index contributed by atoms with van der Waals surface area (Å²) in [5, 5.41) is 13.3. The monoisotopic (exact) mass is 504 g/mol. The van der Waals surface area contributed by atoms with E-state index in [9.17, 15) is 49.7 Å². The number of ether oxygens (including phenoxy) is 1. The van der Waals surface area contributed by atoms with Gasteiger partial charge in [0.1, 0.15) is 0 Å². The summed E-state index contributed by atoms with van der Waals surface area (Å²) in [5.74, 6) is -1.66. The number of alkyl halides is 6. The lowest BCUT2D eigenvalue weighted by Crippen LogP contribution is -2.23. The zero-order valence-corrected chi connectivity index (χ0v) is 16.9. The number of carbonyl (C=O) groups excluding carboxylic acids is 1. The molecule has 0 aliphatic carbocycles. The normalized spacial score (nSPS) is 12.3. The van der Waals surface area contributed by atoms with E-state index in [1.54, 1.807) is 0 Å². The van der Waals surface area contributed by atoms with E-state index < -0.39 is 66.4 Å². The van der Waals surface area contributed by atoms with E-state index >= 15 is 0 Å². The Morgan fingerprint density at radius 2 is 1.75 bits per heavy atom. The van der Waals surface area contributed by atoms with E-state index in [4.69, 9.17) is 4.74 Å². The molecule has 174 valence electrons. The van der Waals surface area contributed by atoms with Crippen molar-refractivity contribution in [3.63, 3.8) is 0 Å². The molecule has 0 bridgehead atoms. The van der Waals surface area contributed by atoms with Crippen molar-refractivity contribution in [1.82, 2.24) is 0 Å². The molecule has 2 aromatic carbocycles. The number of anilines is 1. The highest BCUT2D eigenvalue weighted by Crippen LogP contribution is 2.38. The third-order valence-corrected chi connectivity index (χ3v) is 5.66. The SMILES string of the molecule is O=C(COc1ccc(S(=O)(=O)C(F)(F)F)cc1[N+](=O)[O-])Nc1cccc(SC(F)(F)F)c1. The van der Waals surface area contributed by atoms with Gasteiger partial charge in [0.05, 0.1) is 9.82 Å². The molecular weight excluding hydrogens is 494 g/mol. The summed E-state index contributed by atoms with van der Waals surface area (Å²) in [6, 6.07) is 5.77. The largest absolute Gasteiger partial charge is 0.501 e. The Labute approximate surface area is 179 Å². The standard InChI is InChI=1S/C16H10F6N2O6S2/c17-15(18,19)31-10-3-1-2-9(6-10)23-14(25)8-30-13-5-4-11(7-12(13)24(26)27)32(28,29)16(20,21)22/h1-7H,8H2,(H,23,25). The maximum atomic E-state index is 12.6. The van der Waals surface area contributed by atoms with Crippen LogP contribution in [-0.4, -0.2) is 36.9 Å². The minimum Gasteiger partial charge on any atom is -0.477 e. The molecular formula is C16H10F6N2O6S2. The molecule has 0 aromatic heterocycles. The smallest absolute Gasteiger partial charge is 0.477 e. The molecule has 0 atom stereocenters. The van der Waals surface area contributed by atoms with Gasteiger partial charge in [-0.3, -0.25) is 14.9 Å².